The van der Waals surface area contributed by atoms with Crippen LogP contribution in [0.2, 0.25) is 0 Å². The number of benzene rings is 2. The van der Waals surface area contributed by atoms with Crippen molar-refractivity contribution in [3.05, 3.63) is 79.0 Å². The van der Waals surface area contributed by atoms with Crippen molar-refractivity contribution in [1.29, 1.82) is 0 Å². The highest BCUT2D eigenvalue weighted by molar-refractivity contribution is 6.05. The molecule has 0 unspecified atom stereocenters. The van der Waals surface area contributed by atoms with E-state index in [1.54, 1.807) is 0 Å². The molecule has 0 atom stereocenters. The molecule has 19 heavy (non-hydrogen) atoms. The van der Waals surface area contributed by atoms with Crippen LogP contribution in [0, 0.1) is 0 Å². The summed E-state index contributed by atoms with van der Waals surface area (Å²) in [6.07, 6.45) is 2.13. The van der Waals surface area contributed by atoms with Crippen LogP contribution >= 0.6 is 0 Å². The zero-order valence-corrected chi connectivity index (χ0v) is 10.5. The lowest BCUT2D eigenvalue weighted by atomic mass is 10.0. The highest BCUT2D eigenvalue weighted by Crippen LogP contribution is 2.34. The van der Waals surface area contributed by atoms with E-state index in [2.05, 4.69) is 83.4 Å². The molecule has 2 aromatic heterocycles. The van der Waals surface area contributed by atoms with Crippen molar-refractivity contribution in [1.82, 2.24) is 4.40 Å². The smallest absolute Gasteiger partial charge is 0.0540 e. The lowest BCUT2D eigenvalue weighted by Crippen LogP contribution is -1.81. The van der Waals surface area contributed by atoms with Gasteiger partial charge in [0.15, 0.2) is 0 Å². The number of hydrogen-bond donors (Lipinski definition) is 0. The first-order valence-corrected chi connectivity index (χ1v) is 6.48. The van der Waals surface area contributed by atoms with Gasteiger partial charge in [-0.05, 0) is 23.8 Å². The van der Waals surface area contributed by atoms with Gasteiger partial charge in [0.1, 0.15) is 0 Å². The lowest BCUT2D eigenvalue weighted by molar-refractivity contribution is 1.25. The molecule has 0 aliphatic carbocycles. The predicted molar refractivity (Wildman–Crippen MR) is 80.3 cm³/mol. The highest BCUT2D eigenvalue weighted by Gasteiger charge is 2.11. The van der Waals surface area contributed by atoms with Gasteiger partial charge >= 0.3 is 0 Å². The summed E-state index contributed by atoms with van der Waals surface area (Å²) in [6, 6.07) is 25.5. The Morgan fingerprint density at radius 3 is 2.16 bits per heavy atom. The van der Waals surface area contributed by atoms with E-state index in [4.69, 9.17) is 0 Å². The Bertz CT molecular complexity index is 803. The molecule has 0 bridgehead atoms. The minimum absolute atomic E-state index is 1.26. The van der Waals surface area contributed by atoms with Gasteiger partial charge in [-0.15, -0.1) is 0 Å². The summed E-state index contributed by atoms with van der Waals surface area (Å²) in [5, 5.41) is 1.31. The van der Waals surface area contributed by atoms with Crippen LogP contribution in [0.4, 0.5) is 0 Å². The molecule has 0 spiro atoms. The van der Waals surface area contributed by atoms with Crippen molar-refractivity contribution >= 4 is 16.4 Å². The highest BCUT2D eigenvalue weighted by atomic mass is 14.9. The predicted octanol–water partition coefficient (Wildman–Crippen LogP) is 4.76. The largest absolute Gasteiger partial charge is 0.316 e. The molecule has 1 nitrogen and oxygen atoms in total. The molecule has 0 saturated carbocycles. The van der Waals surface area contributed by atoms with Gasteiger partial charge in [0.2, 0.25) is 0 Å². The number of rotatable bonds is 1. The third-order valence-electron chi connectivity index (χ3n) is 3.61. The van der Waals surface area contributed by atoms with E-state index in [1.165, 1.54) is 27.5 Å². The average molecular weight is 243 g/mol. The van der Waals surface area contributed by atoms with Crippen molar-refractivity contribution in [2.75, 3.05) is 0 Å². The van der Waals surface area contributed by atoms with Crippen LogP contribution in [0.25, 0.3) is 27.5 Å². The van der Waals surface area contributed by atoms with E-state index >= 15 is 0 Å². The van der Waals surface area contributed by atoms with Crippen LogP contribution in [-0.2, 0) is 0 Å². The molecule has 4 aromatic rings. The molecular weight excluding hydrogens is 230 g/mol. The fourth-order valence-corrected chi connectivity index (χ4v) is 2.80. The zero-order valence-electron chi connectivity index (χ0n) is 10.5. The fourth-order valence-electron chi connectivity index (χ4n) is 2.80. The average Bonchev–Trinajstić information content (AvgIpc) is 2.83. The summed E-state index contributed by atoms with van der Waals surface area (Å²) in [4.78, 5) is 0. The van der Waals surface area contributed by atoms with E-state index in [9.17, 15) is 0 Å². The third kappa shape index (κ3) is 1.48. The van der Waals surface area contributed by atoms with Crippen LogP contribution in [0.1, 0.15) is 0 Å². The Kier molecular flexibility index (Phi) is 2.18. The zero-order chi connectivity index (χ0) is 12.7. The van der Waals surface area contributed by atoms with Crippen molar-refractivity contribution in [3.63, 3.8) is 0 Å². The molecule has 4 rings (SSSR count). The molecule has 0 aliphatic heterocycles. The van der Waals surface area contributed by atoms with Crippen LogP contribution in [0.5, 0.6) is 0 Å². The SMILES string of the molecule is c1ccc(-c2c3ccccc3n3ccccc23)cc1. The summed E-state index contributed by atoms with van der Waals surface area (Å²) in [7, 11) is 0. The van der Waals surface area contributed by atoms with E-state index in [0.717, 1.165) is 0 Å². The molecule has 2 aromatic carbocycles. The molecule has 2 heterocycles. The van der Waals surface area contributed by atoms with E-state index in [1.807, 2.05) is 0 Å². The molecule has 90 valence electrons. The van der Waals surface area contributed by atoms with Crippen molar-refractivity contribution < 1.29 is 0 Å². The number of hydrogen-bond acceptors (Lipinski definition) is 0. The van der Waals surface area contributed by atoms with Gasteiger partial charge in [-0.3, -0.25) is 0 Å². The topological polar surface area (TPSA) is 4.41 Å². The molecule has 0 amide bonds. The summed E-state index contributed by atoms with van der Waals surface area (Å²) in [5.74, 6) is 0. The van der Waals surface area contributed by atoms with Crippen molar-refractivity contribution in [2.45, 2.75) is 0 Å². The summed E-state index contributed by atoms with van der Waals surface area (Å²) in [6.45, 7) is 0. The minimum atomic E-state index is 1.26. The molecule has 0 aliphatic rings. The van der Waals surface area contributed by atoms with Gasteiger partial charge in [0.25, 0.3) is 0 Å². The molecular formula is C18H13N. The number of aromatic nitrogens is 1. The Morgan fingerprint density at radius 1 is 0.579 bits per heavy atom. The van der Waals surface area contributed by atoms with E-state index in [-0.39, 0.29) is 0 Å². The van der Waals surface area contributed by atoms with Gasteiger partial charge < -0.3 is 4.40 Å². The molecule has 1 heteroatoms. The van der Waals surface area contributed by atoms with Crippen LogP contribution in [0.15, 0.2) is 79.0 Å². The summed E-state index contributed by atoms with van der Waals surface area (Å²) in [5.41, 5.74) is 5.11. The summed E-state index contributed by atoms with van der Waals surface area (Å²) >= 11 is 0. The Balaban J connectivity index is 2.24. The number of fused-ring (bicyclic) bond motifs is 3. The van der Waals surface area contributed by atoms with E-state index in [0.29, 0.717) is 0 Å². The number of nitrogens with zero attached hydrogens (tertiary/aromatic N) is 1. The van der Waals surface area contributed by atoms with Crippen molar-refractivity contribution in [2.24, 2.45) is 0 Å². The Labute approximate surface area is 111 Å². The second-order valence-electron chi connectivity index (χ2n) is 4.71. The first kappa shape index (κ1) is 10.4. The van der Waals surface area contributed by atoms with Crippen LogP contribution in [-0.4, -0.2) is 4.40 Å². The number of para-hydroxylation sites is 1. The Morgan fingerprint density at radius 2 is 1.26 bits per heavy atom. The second-order valence-corrected chi connectivity index (χ2v) is 4.71. The second kappa shape index (κ2) is 3.99. The molecule has 0 fully saturated rings. The van der Waals surface area contributed by atoms with Gasteiger partial charge in [0, 0.05) is 17.1 Å². The monoisotopic (exact) mass is 243 g/mol. The molecule has 0 N–H and O–H groups in total. The van der Waals surface area contributed by atoms with Gasteiger partial charge in [0.05, 0.1) is 11.0 Å². The minimum Gasteiger partial charge on any atom is -0.316 e. The van der Waals surface area contributed by atoms with Gasteiger partial charge in [-0.1, -0.05) is 54.6 Å². The van der Waals surface area contributed by atoms with Crippen molar-refractivity contribution in [3.8, 4) is 11.1 Å². The van der Waals surface area contributed by atoms with Crippen LogP contribution in [0.3, 0.4) is 0 Å². The lowest BCUT2D eigenvalue weighted by Gasteiger charge is -2.00. The van der Waals surface area contributed by atoms with Gasteiger partial charge in [-0.25, -0.2) is 0 Å². The molecule has 0 saturated heterocycles. The molecule has 0 radical (unpaired) electrons. The normalized spacial score (nSPS) is 11.2. The van der Waals surface area contributed by atoms with Gasteiger partial charge in [-0.2, -0.15) is 0 Å². The maximum atomic E-state index is 2.26. The maximum absolute atomic E-state index is 2.26. The maximum Gasteiger partial charge on any atom is 0.0540 e. The fraction of sp³-hybridized carbons (Fsp3) is 0. The third-order valence-corrected chi connectivity index (χ3v) is 3.61. The van der Waals surface area contributed by atoms with E-state index < -0.39 is 0 Å². The first-order valence-electron chi connectivity index (χ1n) is 6.48. The quantitative estimate of drug-likeness (QED) is 0.454. The van der Waals surface area contributed by atoms with Crippen LogP contribution < -0.4 is 0 Å². The first-order chi connectivity index (χ1) is 9.45. The Hall–Kier alpha value is -2.54. The summed E-state index contributed by atoms with van der Waals surface area (Å²) < 4.78 is 2.26. The number of pyridine rings is 1. The standard InChI is InChI=1S/C18H13N/c1-2-8-14(9-3-1)18-15-10-4-5-11-16(15)19-13-7-6-12-17(18)19/h1-13H.